The summed E-state index contributed by atoms with van der Waals surface area (Å²) in [6, 6.07) is 0.838. The maximum absolute atomic E-state index is 3.60. The number of fused-ring (bicyclic) bond motifs is 4. The highest BCUT2D eigenvalue weighted by Gasteiger charge is 2.34. The molecule has 0 amide bonds. The van der Waals surface area contributed by atoms with Gasteiger partial charge in [0.05, 0.1) is 0 Å². The van der Waals surface area contributed by atoms with E-state index in [4.69, 9.17) is 0 Å². The molecule has 3 saturated carbocycles. The molecule has 98 valence electrons. The minimum atomic E-state index is 0.838. The van der Waals surface area contributed by atoms with E-state index in [1.165, 1.54) is 32.1 Å². The monoisotopic (exact) mass is 235 g/mol. The summed E-state index contributed by atoms with van der Waals surface area (Å²) in [5.41, 5.74) is 0. The van der Waals surface area contributed by atoms with Crippen LogP contribution in [0.3, 0.4) is 0 Å². The van der Waals surface area contributed by atoms with Gasteiger partial charge in [0.15, 0.2) is 0 Å². The van der Waals surface area contributed by atoms with E-state index in [2.05, 4.69) is 12.4 Å². The lowest BCUT2D eigenvalue weighted by Gasteiger charge is -2.37. The van der Waals surface area contributed by atoms with Crippen molar-refractivity contribution in [1.29, 1.82) is 0 Å². The molecule has 3 aliphatic carbocycles. The van der Waals surface area contributed by atoms with E-state index in [-0.39, 0.29) is 0 Å². The molecular weight excluding hydrogens is 206 g/mol. The smallest absolute Gasteiger partial charge is 0.00926 e. The number of hydrogen-bond acceptors (Lipinski definition) is 1. The van der Waals surface area contributed by atoms with Gasteiger partial charge in [-0.25, -0.2) is 0 Å². The van der Waals surface area contributed by atoms with Crippen LogP contribution in [0.15, 0.2) is 0 Å². The van der Waals surface area contributed by atoms with Crippen molar-refractivity contribution < 1.29 is 0 Å². The molecule has 0 aliphatic heterocycles. The predicted molar refractivity (Wildman–Crippen MR) is 73.0 cm³/mol. The van der Waals surface area contributed by atoms with Gasteiger partial charge >= 0.3 is 0 Å². The fourth-order valence-electron chi connectivity index (χ4n) is 5.04. The van der Waals surface area contributed by atoms with Gasteiger partial charge < -0.3 is 5.32 Å². The highest BCUT2D eigenvalue weighted by atomic mass is 14.9. The summed E-state index contributed by atoms with van der Waals surface area (Å²) in [5, 5.41) is 3.60. The van der Waals surface area contributed by atoms with Gasteiger partial charge in [-0.05, 0) is 62.8 Å². The molecule has 3 fully saturated rings. The highest BCUT2D eigenvalue weighted by molar-refractivity contribution is 4.88. The standard InChI is InChI=1S/C16H29N/c1-17-16-8-7-13-6-5-12-3-2-4-14(9-12)11-15(16)10-13/h12-17H,2-11H2,1H3. The topological polar surface area (TPSA) is 12.0 Å². The van der Waals surface area contributed by atoms with Crippen LogP contribution < -0.4 is 5.32 Å². The lowest BCUT2D eigenvalue weighted by molar-refractivity contribution is 0.170. The maximum Gasteiger partial charge on any atom is 0.00926 e. The minimum Gasteiger partial charge on any atom is -0.317 e. The normalized spacial score (nSPS) is 46.8. The molecule has 0 aromatic carbocycles. The summed E-state index contributed by atoms with van der Waals surface area (Å²) in [4.78, 5) is 0. The van der Waals surface area contributed by atoms with Crippen molar-refractivity contribution in [1.82, 2.24) is 5.32 Å². The van der Waals surface area contributed by atoms with Crippen LogP contribution in [0.5, 0.6) is 0 Å². The molecule has 0 aromatic rings. The third-order valence-electron chi connectivity index (χ3n) is 5.97. The van der Waals surface area contributed by atoms with Gasteiger partial charge in [-0.15, -0.1) is 0 Å². The summed E-state index contributed by atoms with van der Waals surface area (Å²) < 4.78 is 0. The third-order valence-corrected chi connectivity index (χ3v) is 5.97. The van der Waals surface area contributed by atoms with Crippen molar-refractivity contribution in [2.45, 2.75) is 70.3 Å². The van der Waals surface area contributed by atoms with Crippen LogP contribution in [0, 0.1) is 23.7 Å². The van der Waals surface area contributed by atoms with Crippen molar-refractivity contribution in [3.05, 3.63) is 0 Å². The van der Waals surface area contributed by atoms with Crippen molar-refractivity contribution in [3.63, 3.8) is 0 Å². The molecule has 1 N–H and O–H groups in total. The molecule has 0 aromatic heterocycles. The third kappa shape index (κ3) is 2.70. The molecule has 0 spiro atoms. The number of rotatable bonds is 1. The molecule has 0 heterocycles. The van der Waals surface area contributed by atoms with E-state index in [9.17, 15) is 0 Å². The summed E-state index contributed by atoms with van der Waals surface area (Å²) in [5.74, 6) is 4.25. The Morgan fingerprint density at radius 1 is 0.706 bits per heavy atom. The quantitative estimate of drug-likeness (QED) is 0.725. The van der Waals surface area contributed by atoms with Crippen LogP contribution in [-0.4, -0.2) is 13.1 Å². The molecule has 1 heteroatoms. The fraction of sp³-hybridized carbons (Fsp3) is 1.00. The molecule has 0 saturated heterocycles. The Balaban J connectivity index is 1.72. The lowest BCUT2D eigenvalue weighted by Crippen LogP contribution is -2.39. The Hall–Kier alpha value is -0.0400. The Morgan fingerprint density at radius 3 is 2.18 bits per heavy atom. The van der Waals surface area contributed by atoms with Crippen LogP contribution in [0.25, 0.3) is 0 Å². The molecular formula is C16H29N. The summed E-state index contributed by atoms with van der Waals surface area (Å²) in [7, 11) is 2.18. The molecule has 17 heavy (non-hydrogen) atoms. The summed E-state index contributed by atoms with van der Waals surface area (Å²) in [6.07, 6.45) is 15.3. The Bertz CT molecular complexity index is 250. The van der Waals surface area contributed by atoms with Crippen molar-refractivity contribution in [3.8, 4) is 0 Å². The molecule has 3 rings (SSSR count). The maximum atomic E-state index is 3.60. The van der Waals surface area contributed by atoms with E-state index >= 15 is 0 Å². The molecule has 4 bridgehead atoms. The second-order valence-corrected chi connectivity index (χ2v) is 7.05. The minimum absolute atomic E-state index is 0.838. The first-order valence-electron chi connectivity index (χ1n) is 8.02. The van der Waals surface area contributed by atoms with Gasteiger partial charge in [0.25, 0.3) is 0 Å². The van der Waals surface area contributed by atoms with E-state index in [1.54, 1.807) is 32.1 Å². The van der Waals surface area contributed by atoms with Gasteiger partial charge in [0.1, 0.15) is 0 Å². The van der Waals surface area contributed by atoms with Crippen molar-refractivity contribution in [2.75, 3.05) is 7.05 Å². The van der Waals surface area contributed by atoms with Crippen molar-refractivity contribution in [2.24, 2.45) is 23.7 Å². The van der Waals surface area contributed by atoms with Crippen LogP contribution in [0.4, 0.5) is 0 Å². The first-order valence-corrected chi connectivity index (χ1v) is 8.02. The zero-order valence-corrected chi connectivity index (χ0v) is 11.5. The summed E-state index contributed by atoms with van der Waals surface area (Å²) >= 11 is 0. The van der Waals surface area contributed by atoms with Crippen LogP contribution in [0.2, 0.25) is 0 Å². The first kappa shape index (κ1) is 12.0. The van der Waals surface area contributed by atoms with Crippen LogP contribution in [-0.2, 0) is 0 Å². The zero-order valence-electron chi connectivity index (χ0n) is 11.5. The van der Waals surface area contributed by atoms with Crippen LogP contribution >= 0.6 is 0 Å². The van der Waals surface area contributed by atoms with E-state index in [0.29, 0.717) is 0 Å². The zero-order chi connectivity index (χ0) is 11.7. The van der Waals surface area contributed by atoms with Crippen molar-refractivity contribution >= 4 is 0 Å². The average Bonchev–Trinajstić information content (AvgIpc) is 2.40. The van der Waals surface area contributed by atoms with Gasteiger partial charge in [0, 0.05) is 6.04 Å². The summed E-state index contributed by atoms with van der Waals surface area (Å²) in [6.45, 7) is 0. The van der Waals surface area contributed by atoms with Gasteiger partial charge in [0.2, 0.25) is 0 Å². The first-order chi connectivity index (χ1) is 8.35. The second-order valence-electron chi connectivity index (χ2n) is 7.05. The van der Waals surface area contributed by atoms with Gasteiger partial charge in [-0.2, -0.15) is 0 Å². The van der Waals surface area contributed by atoms with Gasteiger partial charge in [-0.3, -0.25) is 0 Å². The van der Waals surface area contributed by atoms with E-state index in [1.807, 2.05) is 0 Å². The Morgan fingerprint density at radius 2 is 1.35 bits per heavy atom. The highest BCUT2D eigenvalue weighted by Crippen LogP contribution is 2.44. The van der Waals surface area contributed by atoms with Gasteiger partial charge in [-0.1, -0.05) is 32.1 Å². The Labute approximate surface area is 107 Å². The molecule has 5 atom stereocenters. The largest absolute Gasteiger partial charge is 0.317 e. The average molecular weight is 235 g/mol. The fourth-order valence-corrected chi connectivity index (χ4v) is 5.04. The molecule has 1 nitrogen and oxygen atoms in total. The Kier molecular flexibility index (Phi) is 3.75. The number of hydrogen-bond donors (Lipinski definition) is 1. The number of nitrogens with one attached hydrogen (secondary N) is 1. The second kappa shape index (κ2) is 5.30. The predicted octanol–water partition coefficient (Wildman–Crippen LogP) is 3.98. The van der Waals surface area contributed by atoms with E-state index < -0.39 is 0 Å². The molecule has 3 aliphatic rings. The molecule has 0 radical (unpaired) electrons. The van der Waals surface area contributed by atoms with Crippen LogP contribution in [0.1, 0.15) is 64.2 Å². The van der Waals surface area contributed by atoms with E-state index in [0.717, 1.165) is 29.7 Å². The lowest BCUT2D eigenvalue weighted by atomic mass is 9.72. The molecule has 5 unspecified atom stereocenters. The SMILES string of the molecule is CNC1CCC2CCC3CCCC(C3)CC1C2.